The molecule has 2 amide bonds. The van der Waals surface area contributed by atoms with E-state index in [1.165, 1.54) is 4.90 Å². The summed E-state index contributed by atoms with van der Waals surface area (Å²) in [6.07, 6.45) is -4.56. The largest absolute Gasteiger partial charge is 0.405 e. The first-order chi connectivity index (χ1) is 7.92. The maximum Gasteiger partial charge on any atom is 0.405 e. The van der Waals surface area contributed by atoms with Crippen LogP contribution in [0.5, 0.6) is 0 Å². The number of alkyl halides is 3. The number of urea groups is 1. The molecule has 1 unspecified atom stereocenters. The molecule has 8 heteroatoms. The number of likely N-dealkylation sites (N-methyl/N-ethyl adjacent to an activating group) is 1. The highest BCUT2D eigenvalue weighted by Gasteiger charge is 2.30. The van der Waals surface area contributed by atoms with Gasteiger partial charge in [-0.15, -0.1) is 0 Å². The summed E-state index contributed by atoms with van der Waals surface area (Å²) in [6, 6.07) is -0.702. The van der Waals surface area contributed by atoms with Crippen LogP contribution in [0.3, 0.4) is 0 Å². The maximum absolute atomic E-state index is 11.9. The second-order valence-electron chi connectivity index (χ2n) is 3.77. The number of carbonyl (C=O) groups excluding carboxylic acids is 1. The molecule has 1 heterocycles. The second-order valence-corrected chi connectivity index (χ2v) is 3.77. The number of morpholine rings is 1. The van der Waals surface area contributed by atoms with E-state index in [1.54, 1.807) is 7.05 Å². The van der Waals surface area contributed by atoms with Gasteiger partial charge in [0.05, 0.1) is 12.7 Å². The molecule has 1 fully saturated rings. The molecule has 17 heavy (non-hydrogen) atoms. The van der Waals surface area contributed by atoms with Crippen LogP contribution in [0.2, 0.25) is 0 Å². The molecule has 0 saturated carbocycles. The topological polar surface area (TPSA) is 53.6 Å². The third kappa shape index (κ3) is 5.22. The number of hydrogen-bond acceptors (Lipinski definition) is 3. The van der Waals surface area contributed by atoms with Crippen LogP contribution in [0.25, 0.3) is 0 Å². The highest BCUT2D eigenvalue weighted by Crippen LogP contribution is 2.12. The van der Waals surface area contributed by atoms with Gasteiger partial charge in [-0.1, -0.05) is 0 Å². The summed E-state index contributed by atoms with van der Waals surface area (Å²) in [5.74, 6) is 0. The molecule has 0 aromatic heterocycles. The van der Waals surface area contributed by atoms with E-state index in [0.29, 0.717) is 26.2 Å². The standard InChI is InChI=1S/C9H16F3N3O2/c1-13-4-7-5-15(2-3-17-7)8(16)14-6-9(10,11)12/h7,13H,2-6H2,1H3,(H,14,16). The summed E-state index contributed by atoms with van der Waals surface area (Å²) < 4.78 is 41.1. The van der Waals surface area contributed by atoms with E-state index in [9.17, 15) is 18.0 Å². The zero-order valence-electron chi connectivity index (χ0n) is 9.51. The molecule has 2 N–H and O–H groups in total. The van der Waals surface area contributed by atoms with Crippen molar-refractivity contribution in [3.8, 4) is 0 Å². The van der Waals surface area contributed by atoms with E-state index in [0.717, 1.165) is 0 Å². The van der Waals surface area contributed by atoms with Gasteiger partial charge in [0.15, 0.2) is 0 Å². The van der Waals surface area contributed by atoms with Gasteiger partial charge in [-0.2, -0.15) is 13.2 Å². The number of nitrogens with one attached hydrogen (secondary N) is 2. The van der Waals surface area contributed by atoms with Crippen molar-refractivity contribution in [2.45, 2.75) is 12.3 Å². The van der Waals surface area contributed by atoms with Crippen LogP contribution in [-0.4, -0.2) is 63.0 Å². The highest BCUT2D eigenvalue weighted by atomic mass is 19.4. The Balaban J connectivity index is 2.36. The van der Waals surface area contributed by atoms with Crippen molar-refractivity contribution >= 4 is 6.03 Å². The lowest BCUT2D eigenvalue weighted by atomic mass is 10.3. The number of hydrogen-bond donors (Lipinski definition) is 2. The van der Waals surface area contributed by atoms with E-state index >= 15 is 0 Å². The van der Waals surface area contributed by atoms with Gasteiger partial charge in [0.25, 0.3) is 0 Å². The Morgan fingerprint density at radius 2 is 2.24 bits per heavy atom. The van der Waals surface area contributed by atoms with Crippen molar-refractivity contribution < 1.29 is 22.7 Å². The molecule has 1 rings (SSSR count). The molecule has 0 spiro atoms. The number of amides is 2. The van der Waals surface area contributed by atoms with Crippen molar-refractivity contribution in [3.05, 3.63) is 0 Å². The average molecular weight is 255 g/mol. The van der Waals surface area contributed by atoms with Crippen molar-refractivity contribution in [2.24, 2.45) is 0 Å². The smallest absolute Gasteiger partial charge is 0.373 e. The summed E-state index contributed by atoms with van der Waals surface area (Å²) in [7, 11) is 1.74. The molecule has 1 aliphatic heterocycles. The summed E-state index contributed by atoms with van der Waals surface area (Å²) in [5, 5.41) is 4.73. The van der Waals surface area contributed by atoms with Crippen LogP contribution < -0.4 is 10.6 Å². The van der Waals surface area contributed by atoms with Gasteiger partial charge in [-0.25, -0.2) is 4.79 Å². The minimum Gasteiger partial charge on any atom is -0.373 e. The Kier molecular flexibility index (Phi) is 5.01. The van der Waals surface area contributed by atoms with Crippen molar-refractivity contribution in [1.82, 2.24) is 15.5 Å². The molecule has 0 aromatic rings. The van der Waals surface area contributed by atoms with Crippen molar-refractivity contribution in [3.63, 3.8) is 0 Å². The minimum absolute atomic E-state index is 0.176. The van der Waals surface area contributed by atoms with E-state index in [-0.39, 0.29) is 6.10 Å². The van der Waals surface area contributed by atoms with Gasteiger partial charge >= 0.3 is 12.2 Å². The van der Waals surface area contributed by atoms with E-state index < -0.39 is 18.8 Å². The number of nitrogens with zero attached hydrogens (tertiary/aromatic N) is 1. The van der Waals surface area contributed by atoms with Gasteiger partial charge in [0, 0.05) is 19.6 Å². The fourth-order valence-electron chi connectivity index (χ4n) is 1.54. The summed E-state index contributed by atoms with van der Waals surface area (Å²) in [5.41, 5.74) is 0. The first-order valence-corrected chi connectivity index (χ1v) is 5.28. The first kappa shape index (κ1) is 14.0. The lowest BCUT2D eigenvalue weighted by Crippen LogP contribution is -2.52. The fraction of sp³-hybridized carbons (Fsp3) is 0.889. The minimum atomic E-state index is -4.38. The van der Waals surface area contributed by atoms with Crippen LogP contribution >= 0.6 is 0 Å². The van der Waals surface area contributed by atoms with Gasteiger partial charge in [-0.3, -0.25) is 0 Å². The number of ether oxygens (including phenoxy) is 1. The van der Waals surface area contributed by atoms with E-state index in [4.69, 9.17) is 4.74 Å². The van der Waals surface area contributed by atoms with Crippen molar-refractivity contribution in [1.29, 1.82) is 0 Å². The molecule has 0 aromatic carbocycles. The lowest BCUT2D eigenvalue weighted by molar-refractivity contribution is -0.123. The third-order valence-electron chi connectivity index (χ3n) is 2.30. The van der Waals surface area contributed by atoms with Gasteiger partial charge < -0.3 is 20.3 Å². The lowest BCUT2D eigenvalue weighted by Gasteiger charge is -2.32. The normalized spacial score (nSPS) is 21.4. The van der Waals surface area contributed by atoms with Crippen LogP contribution in [0.1, 0.15) is 0 Å². The van der Waals surface area contributed by atoms with E-state index in [2.05, 4.69) is 5.32 Å². The number of carbonyl (C=O) groups is 1. The molecule has 0 radical (unpaired) electrons. The fourth-order valence-corrected chi connectivity index (χ4v) is 1.54. The Morgan fingerprint density at radius 3 is 2.82 bits per heavy atom. The van der Waals surface area contributed by atoms with Crippen LogP contribution in [0.4, 0.5) is 18.0 Å². The quantitative estimate of drug-likeness (QED) is 0.756. The van der Waals surface area contributed by atoms with Crippen LogP contribution in [0.15, 0.2) is 0 Å². The summed E-state index contributed by atoms with van der Waals surface area (Å²) >= 11 is 0. The zero-order valence-corrected chi connectivity index (χ0v) is 9.51. The highest BCUT2D eigenvalue weighted by molar-refractivity contribution is 5.74. The molecule has 1 aliphatic rings. The Bertz CT molecular complexity index is 258. The molecule has 0 aliphatic carbocycles. The predicted octanol–water partition coefficient (Wildman–Crippen LogP) is 0.178. The Hall–Kier alpha value is -1.02. The average Bonchev–Trinajstić information content (AvgIpc) is 2.26. The summed E-state index contributed by atoms with van der Waals surface area (Å²) in [6.45, 7) is 0.198. The molecule has 0 bridgehead atoms. The number of rotatable bonds is 3. The molecule has 100 valence electrons. The molecule has 1 saturated heterocycles. The monoisotopic (exact) mass is 255 g/mol. The van der Waals surface area contributed by atoms with Crippen molar-refractivity contribution in [2.75, 3.05) is 39.8 Å². The summed E-state index contributed by atoms with van der Waals surface area (Å²) in [4.78, 5) is 12.8. The Labute approximate surface area is 97.3 Å². The second kappa shape index (κ2) is 6.06. The molecular weight excluding hydrogens is 239 g/mol. The Morgan fingerprint density at radius 1 is 1.53 bits per heavy atom. The van der Waals surface area contributed by atoms with Crippen LogP contribution in [-0.2, 0) is 4.74 Å². The zero-order chi connectivity index (χ0) is 12.9. The molecule has 1 atom stereocenters. The van der Waals surface area contributed by atoms with Gasteiger partial charge in [-0.05, 0) is 7.05 Å². The number of halogens is 3. The predicted molar refractivity (Wildman–Crippen MR) is 54.7 cm³/mol. The first-order valence-electron chi connectivity index (χ1n) is 5.28. The molecule has 5 nitrogen and oxygen atoms in total. The van der Waals surface area contributed by atoms with Crippen LogP contribution in [0, 0.1) is 0 Å². The van der Waals surface area contributed by atoms with E-state index in [1.807, 2.05) is 5.32 Å². The third-order valence-corrected chi connectivity index (χ3v) is 2.30. The molecular formula is C9H16F3N3O2. The maximum atomic E-state index is 11.9. The van der Waals surface area contributed by atoms with Gasteiger partial charge in [0.1, 0.15) is 6.54 Å². The SMILES string of the molecule is CNCC1CN(C(=O)NCC(F)(F)F)CCO1. The van der Waals surface area contributed by atoms with Gasteiger partial charge in [0.2, 0.25) is 0 Å².